The number of sulfonamides is 1. The number of ether oxygens (including phenoxy) is 3. The molecule has 1 heterocycles. The Morgan fingerprint density at radius 3 is 2.27 bits per heavy atom. The Kier molecular flexibility index (Phi) is 9.25. The van der Waals surface area contributed by atoms with Crippen LogP contribution in [-0.4, -0.2) is 69.8 Å². The minimum Gasteiger partial charge on any atom is -0.497 e. The fraction of sp³-hybridized carbons (Fsp3) is 0.462. The molecule has 10 nitrogen and oxygen atoms in total. The third-order valence-electron chi connectivity index (χ3n) is 5.90. The van der Waals surface area contributed by atoms with E-state index in [-0.39, 0.29) is 29.9 Å². The molecule has 2 amide bonds. The summed E-state index contributed by atoms with van der Waals surface area (Å²) in [6.45, 7) is 7.17. The Hall–Kier alpha value is -3.47. The molecule has 1 aliphatic heterocycles. The van der Waals surface area contributed by atoms with Gasteiger partial charge in [-0.2, -0.15) is 0 Å². The molecule has 0 saturated heterocycles. The predicted molar refractivity (Wildman–Crippen MR) is 141 cm³/mol. The normalized spacial score (nSPS) is 13.6. The van der Waals surface area contributed by atoms with Crippen molar-refractivity contribution in [3.63, 3.8) is 0 Å². The molecule has 1 unspecified atom stereocenters. The molecule has 202 valence electrons. The van der Waals surface area contributed by atoms with E-state index < -0.39 is 28.5 Å². The molecule has 2 aromatic carbocycles. The van der Waals surface area contributed by atoms with Crippen LogP contribution in [0.1, 0.15) is 33.3 Å². The summed E-state index contributed by atoms with van der Waals surface area (Å²) in [5, 5.41) is 2.83. The quantitative estimate of drug-likeness (QED) is 0.472. The van der Waals surface area contributed by atoms with Crippen LogP contribution < -0.4 is 23.8 Å². The van der Waals surface area contributed by atoms with Gasteiger partial charge in [0.05, 0.1) is 18.6 Å². The summed E-state index contributed by atoms with van der Waals surface area (Å²) in [5.74, 6) is 0.514. The van der Waals surface area contributed by atoms with Gasteiger partial charge in [-0.15, -0.1) is 0 Å². The highest BCUT2D eigenvalue weighted by atomic mass is 32.2. The maximum absolute atomic E-state index is 13.7. The van der Waals surface area contributed by atoms with Crippen LogP contribution in [-0.2, 0) is 26.2 Å². The maximum atomic E-state index is 13.7. The summed E-state index contributed by atoms with van der Waals surface area (Å²) in [7, 11) is -2.28. The third-order valence-corrected chi connectivity index (χ3v) is 7.64. The van der Waals surface area contributed by atoms with Crippen molar-refractivity contribution < 1.29 is 32.2 Å². The molecule has 0 bridgehead atoms. The first-order valence-corrected chi connectivity index (χ1v) is 13.8. The van der Waals surface area contributed by atoms with Crippen molar-refractivity contribution >= 4 is 27.5 Å². The number of hydrogen-bond donors (Lipinski definition) is 1. The minimum absolute atomic E-state index is 0.108. The van der Waals surface area contributed by atoms with E-state index in [1.807, 2.05) is 13.8 Å². The van der Waals surface area contributed by atoms with E-state index in [4.69, 9.17) is 14.2 Å². The first-order valence-electron chi connectivity index (χ1n) is 12.2. The molecule has 2 aromatic rings. The number of nitrogens with one attached hydrogen (secondary N) is 1. The molecule has 0 aromatic heterocycles. The number of nitrogens with zero attached hydrogens (tertiary/aromatic N) is 2. The van der Waals surface area contributed by atoms with Crippen molar-refractivity contribution in [3.05, 3.63) is 48.0 Å². The zero-order valence-corrected chi connectivity index (χ0v) is 22.7. The van der Waals surface area contributed by atoms with Crippen molar-refractivity contribution in [2.24, 2.45) is 0 Å². The zero-order chi connectivity index (χ0) is 27.2. The first kappa shape index (κ1) is 28.1. The van der Waals surface area contributed by atoms with Crippen LogP contribution >= 0.6 is 0 Å². The Morgan fingerprint density at radius 2 is 1.68 bits per heavy atom. The lowest BCUT2D eigenvalue weighted by atomic mass is 10.1. The third kappa shape index (κ3) is 7.06. The second-order valence-electron chi connectivity index (χ2n) is 8.94. The van der Waals surface area contributed by atoms with Gasteiger partial charge in [0.1, 0.15) is 31.5 Å². The fourth-order valence-electron chi connectivity index (χ4n) is 3.82. The van der Waals surface area contributed by atoms with Crippen molar-refractivity contribution in [1.29, 1.82) is 0 Å². The van der Waals surface area contributed by atoms with E-state index in [0.29, 0.717) is 30.5 Å². The largest absolute Gasteiger partial charge is 0.497 e. The number of hydrogen-bond acceptors (Lipinski definition) is 7. The monoisotopic (exact) mass is 533 g/mol. The standard InChI is InChI=1S/C26H35N3O7S/c1-6-37(32,33)29(21-9-12-23-24(15-21)36-14-13-35-23)17-25(30)28(19(4)26(31)27-18(2)3)16-20-7-10-22(34-5)11-8-20/h7-12,15,18-19H,6,13-14,16-17H2,1-5H3,(H,27,31). The summed E-state index contributed by atoms with van der Waals surface area (Å²) >= 11 is 0. The van der Waals surface area contributed by atoms with Crippen LogP contribution in [0.15, 0.2) is 42.5 Å². The Bertz CT molecular complexity index is 1200. The molecule has 1 aliphatic rings. The number of rotatable bonds is 11. The Labute approximate surface area is 218 Å². The first-order chi connectivity index (χ1) is 17.6. The van der Waals surface area contributed by atoms with Gasteiger partial charge in [-0.1, -0.05) is 12.1 Å². The van der Waals surface area contributed by atoms with Gasteiger partial charge in [0.15, 0.2) is 11.5 Å². The highest BCUT2D eigenvalue weighted by Crippen LogP contribution is 2.35. The van der Waals surface area contributed by atoms with Gasteiger partial charge in [-0.25, -0.2) is 8.42 Å². The predicted octanol–water partition coefficient (Wildman–Crippen LogP) is 2.56. The lowest BCUT2D eigenvalue weighted by molar-refractivity contribution is -0.139. The number of anilines is 1. The number of carbonyl (C=O) groups is 2. The molecule has 0 fully saturated rings. The number of amides is 2. The van der Waals surface area contributed by atoms with E-state index in [0.717, 1.165) is 9.87 Å². The number of carbonyl (C=O) groups excluding carboxylic acids is 2. The van der Waals surface area contributed by atoms with Gasteiger partial charge in [0, 0.05) is 18.7 Å². The van der Waals surface area contributed by atoms with E-state index >= 15 is 0 Å². The van der Waals surface area contributed by atoms with Crippen molar-refractivity contribution in [2.45, 2.75) is 46.3 Å². The van der Waals surface area contributed by atoms with Crippen LogP contribution in [0.3, 0.4) is 0 Å². The van der Waals surface area contributed by atoms with Gasteiger partial charge >= 0.3 is 0 Å². The highest BCUT2D eigenvalue weighted by molar-refractivity contribution is 7.92. The second kappa shape index (κ2) is 12.2. The van der Waals surface area contributed by atoms with Gasteiger partial charge in [0.25, 0.3) is 0 Å². The molecule has 1 N–H and O–H groups in total. The van der Waals surface area contributed by atoms with E-state index in [1.54, 1.807) is 56.5 Å². The summed E-state index contributed by atoms with van der Waals surface area (Å²) in [5.41, 5.74) is 1.05. The molecule has 0 spiro atoms. The minimum atomic E-state index is -3.84. The van der Waals surface area contributed by atoms with Crippen LogP contribution in [0, 0.1) is 0 Å². The summed E-state index contributed by atoms with van der Waals surface area (Å²) < 4.78 is 43.6. The molecule has 3 rings (SSSR count). The maximum Gasteiger partial charge on any atom is 0.244 e. The van der Waals surface area contributed by atoms with Gasteiger partial charge in [0.2, 0.25) is 21.8 Å². The zero-order valence-electron chi connectivity index (χ0n) is 21.9. The van der Waals surface area contributed by atoms with Crippen molar-refractivity contribution in [1.82, 2.24) is 10.2 Å². The number of benzene rings is 2. The fourth-order valence-corrected chi connectivity index (χ4v) is 4.88. The van der Waals surface area contributed by atoms with Crippen LogP contribution in [0.5, 0.6) is 17.2 Å². The van der Waals surface area contributed by atoms with Crippen molar-refractivity contribution in [2.75, 3.05) is 36.9 Å². The van der Waals surface area contributed by atoms with E-state index in [2.05, 4.69) is 5.32 Å². The molecular weight excluding hydrogens is 498 g/mol. The number of fused-ring (bicyclic) bond motifs is 1. The Balaban J connectivity index is 1.94. The molecule has 0 saturated carbocycles. The molecule has 1 atom stereocenters. The molecular formula is C26H35N3O7S. The lowest BCUT2D eigenvalue weighted by Gasteiger charge is -2.32. The van der Waals surface area contributed by atoms with Gasteiger partial charge in [-0.3, -0.25) is 13.9 Å². The average molecular weight is 534 g/mol. The molecule has 0 radical (unpaired) electrons. The summed E-state index contributed by atoms with van der Waals surface area (Å²) in [4.78, 5) is 28.0. The van der Waals surface area contributed by atoms with Crippen LogP contribution in [0.2, 0.25) is 0 Å². The SMILES string of the molecule is CCS(=O)(=O)N(CC(=O)N(Cc1ccc(OC)cc1)C(C)C(=O)NC(C)C)c1ccc2c(c1)OCCO2. The van der Waals surface area contributed by atoms with Gasteiger partial charge in [-0.05, 0) is 57.5 Å². The Morgan fingerprint density at radius 1 is 1.03 bits per heavy atom. The van der Waals surface area contributed by atoms with Crippen LogP contribution in [0.25, 0.3) is 0 Å². The van der Waals surface area contributed by atoms with Crippen molar-refractivity contribution in [3.8, 4) is 17.2 Å². The topological polar surface area (TPSA) is 114 Å². The van der Waals surface area contributed by atoms with E-state index in [9.17, 15) is 18.0 Å². The smallest absolute Gasteiger partial charge is 0.244 e. The second-order valence-corrected chi connectivity index (χ2v) is 11.1. The van der Waals surface area contributed by atoms with Gasteiger partial charge < -0.3 is 24.4 Å². The molecule has 37 heavy (non-hydrogen) atoms. The average Bonchev–Trinajstić information content (AvgIpc) is 2.89. The molecule has 11 heteroatoms. The van der Waals surface area contributed by atoms with Crippen LogP contribution in [0.4, 0.5) is 5.69 Å². The lowest BCUT2D eigenvalue weighted by Crippen LogP contribution is -2.52. The number of methoxy groups -OCH3 is 1. The molecule has 0 aliphatic carbocycles. The summed E-state index contributed by atoms with van der Waals surface area (Å²) in [6.07, 6.45) is 0. The summed E-state index contributed by atoms with van der Waals surface area (Å²) in [6, 6.07) is 10.9. The highest BCUT2D eigenvalue weighted by Gasteiger charge is 2.31. The van der Waals surface area contributed by atoms with E-state index in [1.165, 1.54) is 11.8 Å².